The first-order chi connectivity index (χ1) is 6.03. The lowest BCUT2D eigenvalue weighted by Gasteiger charge is -1.86. The van der Waals surface area contributed by atoms with E-state index in [0.29, 0.717) is 0 Å². The van der Waals surface area contributed by atoms with Crippen molar-refractivity contribution in [2.24, 2.45) is 5.73 Å². The Morgan fingerprint density at radius 3 is 1.86 bits per heavy atom. The van der Waals surface area contributed by atoms with Crippen LogP contribution >= 0.6 is 0 Å². The predicted octanol–water partition coefficient (Wildman–Crippen LogP) is 0.662. The molecule has 2 aliphatic carbocycles. The van der Waals surface area contributed by atoms with E-state index in [-0.39, 0.29) is 18.4 Å². The predicted molar refractivity (Wildman–Crippen MR) is 55.9 cm³/mol. The second kappa shape index (κ2) is 5.06. The minimum absolute atomic E-state index is 0. The van der Waals surface area contributed by atoms with Gasteiger partial charge in [-0.25, -0.2) is 0 Å². The van der Waals surface area contributed by atoms with Crippen molar-refractivity contribution < 1.29 is 13.0 Å². The summed E-state index contributed by atoms with van der Waals surface area (Å²) in [6.07, 6.45) is 0. The van der Waals surface area contributed by atoms with Crippen LogP contribution in [0.1, 0.15) is 0 Å². The van der Waals surface area contributed by atoms with Gasteiger partial charge in [0.15, 0.2) is 0 Å². The Labute approximate surface area is 83.3 Å². The van der Waals surface area contributed by atoms with Crippen LogP contribution in [0.4, 0.5) is 0 Å². The molecule has 0 atom stereocenters. The van der Waals surface area contributed by atoms with Crippen molar-refractivity contribution in [2.45, 2.75) is 0 Å². The summed E-state index contributed by atoms with van der Waals surface area (Å²) in [5.41, 5.74) is 7.63. The van der Waals surface area contributed by atoms with Crippen LogP contribution in [0.25, 0.3) is 11.1 Å². The van der Waals surface area contributed by atoms with Gasteiger partial charge in [-0.05, 0) is 17.2 Å². The summed E-state index contributed by atoms with van der Waals surface area (Å²) in [4.78, 5) is 0. The Balaban J connectivity index is 0.000000225. The Kier molecular flexibility index (Phi) is 4.72. The van der Waals surface area contributed by atoms with Crippen LogP contribution < -0.4 is 11.9 Å². The summed E-state index contributed by atoms with van der Waals surface area (Å²) in [5, 5.41) is 0. The van der Waals surface area contributed by atoms with E-state index in [9.17, 15) is 8.42 Å². The molecular weight excluding hydrogens is 204 g/mol. The van der Waals surface area contributed by atoms with E-state index in [1.165, 1.54) is 11.1 Å². The van der Waals surface area contributed by atoms with Gasteiger partial charge in [-0.1, -0.05) is 18.2 Å². The molecule has 0 spiro atoms. The summed E-state index contributed by atoms with van der Waals surface area (Å²) in [6, 6.07) is 8.48. The molecule has 14 heavy (non-hydrogen) atoms. The molecule has 0 aliphatic heterocycles. The first-order valence-electron chi connectivity index (χ1n) is 3.78. The van der Waals surface area contributed by atoms with Gasteiger partial charge in [-0.15, -0.1) is 0 Å². The maximum Gasteiger partial charge on any atom is 0.266 e. The molecule has 0 aromatic carbocycles. The minimum atomic E-state index is -3.80. The molecule has 0 unspecified atom stereocenters. The van der Waals surface area contributed by atoms with E-state index in [1.807, 2.05) is 0 Å². The normalized spacial score (nSPS) is 10.7. The zero-order valence-corrected chi connectivity index (χ0v) is 8.50. The van der Waals surface area contributed by atoms with Gasteiger partial charge in [0, 0.05) is 6.54 Å². The van der Waals surface area contributed by atoms with Gasteiger partial charge >= 0.3 is 0 Å². The third-order valence-corrected chi connectivity index (χ3v) is 2.24. The largest absolute Gasteiger partial charge is 0.344 e. The molecule has 0 radical (unpaired) electrons. The Morgan fingerprint density at radius 1 is 1.29 bits per heavy atom. The maximum atomic E-state index is 9.71. The van der Waals surface area contributed by atoms with Crippen LogP contribution in [0.5, 0.6) is 0 Å². The second-order valence-electron chi connectivity index (χ2n) is 2.66. The van der Waals surface area contributed by atoms with Gasteiger partial charge < -0.3 is 11.9 Å². The van der Waals surface area contributed by atoms with Crippen molar-refractivity contribution in [3.05, 3.63) is 24.3 Å². The molecular formula is C8H14N2O3S. The summed E-state index contributed by atoms with van der Waals surface area (Å²) in [6.45, 7) is -0.0289. The quantitative estimate of drug-likeness (QED) is 0.640. The van der Waals surface area contributed by atoms with E-state index < -0.39 is 10.1 Å². The number of benzene rings is 1. The first-order valence-corrected chi connectivity index (χ1v) is 5.39. The average Bonchev–Trinajstić information content (AvgIpc) is 2.58. The topological polar surface area (TPSA) is 115 Å². The summed E-state index contributed by atoms with van der Waals surface area (Å²) in [5.74, 6) is -0.354. The molecule has 0 amide bonds. The van der Waals surface area contributed by atoms with Gasteiger partial charge in [0.2, 0.25) is 0 Å². The lowest BCUT2D eigenvalue weighted by molar-refractivity contribution is 0.483. The average molecular weight is 218 g/mol. The van der Waals surface area contributed by atoms with E-state index in [2.05, 4.69) is 24.3 Å². The molecule has 80 valence electrons. The van der Waals surface area contributed by atoms with E-state index in [4.69, 9.17) is 10.3 Å². The van der Waals surface area contributed by atoms with Gasteiger partial charge in [-0.3, -0.25) is 4.55 Å². The Morgan fingerprint density at radius 2 is 1.79 bits per heavy atom. The van der Waals surface area contributed by atoms with Gasteiger partial charge in [0.05, 0.1) is 5.75 Å². The SMILES string of the molecule is N.NCCS(=O)(=O)O.c1cc2cc-2c1. The molecule has 2 rings (SSSR count). The van der Waals surface area contributed by atoms with Crippen LogP contribution in [0.3, 0.4) is 0 Å². The lowest BCUT2D eigenvalue weighted by Crippen LogP contribution is -2.13. The number of hydrogen-bond acceptors (Lipinski definition) is 4. The van der Waals surface area contributed by atoms with Crippen molar-refractivity contribution in [3.63, 3.8) is 0 Å². The van der Waals surface area contributed by atoms with Crippen LogP contribution in [-0.4, -0.2) is 25.3 Å². The highest BCUT2D eigenvalue weighted by molar-refractivity contribution is 7.85. The zero-order valence-electron chi connectivity index (χ0n) is 7.68. The molecule has 0 bridgehead atoms. The van der Waals surface area contributed by atoms with Crippen molar-refractivity contribution in [1.82, 2.24) is 6.15 Å². The molecule has 0 saturated carbocycles. The van der Waals surface area contributed by atoms with Crippen molar-refractivity contribution >= 4 is 10.1 Å². The zero-order chi connectivity index (χ0) is 9.90. The smallest absolute Gasteiger partial charge is 0.266 e. The Hall–Kier alpha value is -0.950. The number of fused-ring (bicyclic) bond motifs is 1. The maximum absolute atomic E-state index is 9.71. The van der Waals surface area contributed by atoms with Crippen molar-refractivity contribution in [1.29, 1.82) is 0 Å². The van der Waals surface area contributed by atoms with Gasteiger partial charge in [0.1, 0.15) is 0 Å². The van der Waals surface area contributed by atoms with Crippen LogP contribution in [-0.2, 0) is 10.1 Å². The summed E-state index contributed by atoms with van der Waals surface area (Å²) in [7, 11) is -3.80. The van der Waals surface area contributed by atoms with Crippen molar-refractivity contribution in [2.75, 3.05) is 12.3 Å². The van der Waals surface area contributed by atoms with E-state index in [1.54, 1.807) is 0 Å². The molecule has 5 nitrogen and oxygen atoms in total. The van der Waals surface area contributed by atoms with Crippen LogP contribution in [0.15, 0.2) is 24.3 Å². The van der Waals surface area contributed by atoms with E-state index >= 15 is 0 Å². The fraction of sp³-hybridized carbons (Fsp3) is 0.250. The van der Waals surface area contributed by atoms with Crippen LogP contribution in [0, 0.1) is 0 Å². The highest BCUT2D eigenvalue weighted by Crippen LogP contribution is 2.32. The summed E-state index contributed by atoms with van der Waals surface area (Å²) >= 11 is 0. The lowest BCUT2D eigenvalue weighted by atomic mass is 10.6. The van der Waals surface area contributed by atoms with Gasteiger partial charge in [0.25, 0.3) is 10.1 Å². The molecule has 0 fully saturated rings. The number of rotatable bonds is 2. The van der Waals surface area contributed by atoms with Crippen LogP contribution in [0.2, 0.25) is 0 Å². The summed E-state index contributed by atoms with van der Waals surface area (Å²) < 4.78 is 27.3. The number of hydrogen-bond donors (Lipinski definition) is 3. The molecule has 0 aromatic rings. The highest BCUT2D eigenvalue weighted by atomic mass is 32.2. The van der Waals surface area contributed by atoms with E-state index in [0.717, 1.165) is 0 Å². The third kappa shape index (κ3) is 4.93. The molecule has 6 N–H and O–H groups in total. The highest BCUT2D eigenvalue weighted by Gasteiger charge is 2.06. The first kappa shape index (κ1) is 13.1. The standard InChI is InChI=1S/C6H4.C2H7NO3S.H3N/c1-2-5-4-6(5)3-1;3-1-2-7(4,5)6;/h1-4H;1-3H2,(H,4,5,6);1H3. The monoisotopic (exact) mass is 218 g/mol. The molecule has 0 heterocycles. The third-order valence-electron chi connectivity index (χ3n) is 1.49. The second-order valence-corrected chi connectivity index (χ2v) is 4.23. The number of nitrogens with two attached hydrogens (primary N) is 1. The minimum Gasteiger partial charge on any atom is -0.344 e. The Bertz CT molecular complexity index is 372. The fourth-order valence-corrected chi connectivity index (χ4v) is 1.12. The molecule has 0 aromatic heterocycles. The fourth-order valence-electron chi connectivity index (χ4n) is 0.824. The molecule has 6 heteroatoms. The van der Waals surface area contributed by atoms with Gasteiger partial charge in [-0.2, -0.15) is 8.42 Å². The molecule has 2 aliphatic rings. The van der Waals surface area contributed by atoms with Crippen molar-refractivity contribution in [3.8, 4) is 11.1 Å². The molecule has 0 saturated heterocycles.